The van der Waals surface area contributed by atoms with Gasteiger partial charge in [-0.25, -0.2) is 5.48 Å². The van der Waals surface area contributed by atoms with Gasteiger partial charge in [0, 0.05) is 5.56 Å². The number of amides is 1. The summed E-state index contributed by atoms with van der Waals surface area (Å²) < 4.78 is 0. The summed E-state index contributed by atoms with van der Waals surface area (Å²) in [5, 5.41) is 0. The summed E-state index contributed by atoms with van der Waals surface area (Å²) >= 11 is 0. The van der Waals surface area contributed by atoms with E-state index >= 15 is 0 Å². The van der Waals surface area contributed by atoms with Crippen molar-refractivity contribution >= 4 is 5.91 Å². The zero-order chi connectivity index (χ0) is 12.3. The van der Waals surface area contributed by atoms with Crippen LogP contribution < -0.4 is 5.48 Å². The van der Waals surface area contributed by atoms with Crippen molar-refractivity contribution in [1.29, 1.82) is 0 Å². The first-order valence-corrected chi connectivity index (χ1v) is 5.36. The minimum absolute atomic E-state index is 0.198. The van der Waals surface area contributed by atoms with Crippen LogP contribution in [0.2, 0.25) is 0 Å². The van der Waals surface area contributed by atoms with E-state index in [-0.39, 0.29) is 11.5 Å². The van der Waals surface area contributed by atoms with Crippen LogP contribution >= 0.6 is 0 Å². The zero-order valence-corrected chi connectivity index (χ0v) is 10.5. The first-order chi connectivity index (χ1) is 7.31. The minimum atomic E-state index is -0.382. The van der Waals surface area contributed by atoms with Crippen LogP contribution in [0.4, 0.5) is 0 Å². The van der Waals surface area contributed by atoms with Crippen molar-refractivity contribution in [3.05, 3.63) is 34.9 Å². The highest BCUT2D eigenvalue weighted by molar-refractivity contribution is 5.95. The molecule has 0 aliphatic rings. The molecule has 16 heavy (non-hydrogen) atoms. The molecule has 3 heteroatoms. The number of carbonyl (C=O) groups is 1. The highest BCUT2D eigenvalue weighted by atomic mass is 16.7. The van der Waals surface area contributed by atoms with Crippen LogP contribution in [-0.4, -0.2) is 11.5 Å². The topological polar surface area (TPSA) is 38.3 Å². The zero-order valence-electron chi connectivity index (χ0n) is 10.5. The number of hydrogen-bond acceptors (Lipinski definition) is 2. The van der Waals surface area contributed by atoms with Crippen molar-refractivity contribution in [1.82, 2.24) is 5.48 Å². The van der Waals surface area contributed by atoms with Crippen LogP contribution in [0.3, 0.4) is 0 Å². The molecule has 0 atom stereocenters. The van der Waals surface area contributed by atoms with Crippen LogP contribution in [-0.2, 0) is 4.84 Å². The Morgan fingerprint density at radius 3 is 2.44 bits per heavy atom. The first-order valence-electron chi connectivity index (χ1n) is 5.36. The second kappa shape index (κ2) is 4.66. The van der Waals surface area contributed by atoms with Gasteiger partial charge < -0.3 is 0 Å². The van der Waals surface area contributed by atoms with E-state index < -0.39 is 0 Å². The lowest BCUT2D eigenvalue weighted by Crippen LogP contribution is -2.33. The fourth-order valence-corrected chi connectivity index (χ4v) is 1.25. The molecule has 1 N–H and O–H groups in total. The maximum atomic E-state index is 11.8. The van der Waals surface area contributed by atoms with Gasteiger partial charge in [-0.1, -0.05) is 12.1 Å². The lowest BCUT2D eigenvalue weighted by molar-refractivity contribution is -0.0590. The van der Waals surface area contributed by atoms with Gasteiger partial charge in [0.2, 0.25) is 0 Å². The van der Waals surface area contributed by atoms with Crippen molar-refractivity contribution in [3.8, 4) is 0 Å². The fourth-order valence-electron chi connectivity index (χ4n) is 1.25. The standard InChI is InChI=1S/C13H19NO2/c1-9-7-6-8-11(10(9)2)12(15)14-16-13(3,4)5/h6-8H,1-5H3,(H,14,15). The third-order valence-electron chi connectivity index (χ3n) is 2.30. The number of rotatable bonds is 2. The Labute approximate surface area is 96.8 Å². The summed E-state index contributed by atoms with van der Waals surface area (Å²) in [5.74, 6) is -0.198. The van der Waals surface area contributed by atoms with Crippen molar-refractivity contribution in [2.75, 3.05) is 0 Å². The molecule has 0 aliphatic carbocycles. The molecule has 0 aliphatic heterocycles. The average Bonchev–Trinajstić information content (AvgIpc) is 2.17. The highest BCUT2D eigenvalue weighted by Crippen LogP contribution is 2.13. The van der Waals surface area contributed by atoms with Crippen LogP contribution in [0.25, 0.3) is 0 Å². The molecule has 1 aromatic rings. The number of hydroxylamine groups is 1. The summed E-state index contributed by atoms with van der Waals surface area (Å²) in [6, 6.07) is 5.65. The van der Waals surface area contributed by atoms with Gasteiger partial charge in [0.15, 0.2) is 0 Å². The molecule has 0 heterocycles. The Balaban J connectivity index is 2.78. The smallest absolute Gasteiger partial charge is 0.268 e. The molecule has 0 aromatic heterocycles. The summed E-state index contributed by atoms with van der Waals surface area (Å²) in [6.07, 6.45) is 0. The van der Waals surface area contributed by atoms with E-state index in [1.807, 2.05) is 46.8 Å². The summed E-state index contributed by atoms with van der Waals surface area (Å²) in [4.78, 5) is 17.1. The maximum Gasteiger partial charge on any atom is 0.275 e. The number of hydrogen-bond donors (Lipinski definition) is 1. The lowest BCUT2D eigenvalue weighted by Gasteiger charge is -2.19. The van der Waals surface area contributed by atoms with E-state index in [0.717, 1.165) is 11.1 Å². The van der Waals surface area contributed by atoms with Crippen LogP contribution in [0.1, 0.15) is 42.3 Å². The molecule has 0 saturated carbocycles. The average molecular weight is 221 g/mol. The molecular formula is C13H19NO2. The molecule has 0 saturated heterocycles. The van der Waals surface area contributed by atoms with Gasteiger partial charge >= 0.3 is 0 Å². The molecule has 1 amide bonds. The van der Waals surface area contributed by atoms with Gasteiger partial charge in [0.05, 0.1) is 5.60 Å². The van der Waals surface area contributed by atoms with Gasteiger partial charge in [-0.15, -0.1) is 0 Å². The number of benzene rings is 1. The van der Waals surface area contributed by atoms with E-state index in [4.69, 9.17) is 4.84 Å². The fraction of sp³-hybridized carbons (Fsp3) is 0.462. The van der Waals surface area contributed by atoms with Crippen LogP contribution in [0, 0.1) is 13.8 Å². The van der Waals surface area contributed by atoms with Crippen molar-refractivity contribution in [2.24, 2.45) is 0 Å². The monoisotopic (exact) mass is 221 g/mol. The van der Waals surface area contributed by atoms with E-state index in [2.05, 4.69) is 5.48 Å². The molecule has 0 unspecified atom stereocenters. The molecule has 88 valence electrons. The molecule has 0 fully saturated rings. The van der Waals surface area contributed by atoms with Gasteiger partial charge in [-0.2, -0.15) is 0 Å². The highest BCUT2D eigenvalue weighted by Gasteiger charge is 2.15. The molecule has 1 aromatic carbocycles. The minimum Gasteiger partial charge on any atom is -0.268 e. The Bertz CT molecular complexity index is 391. The normalized spacial score (nSPS) is 11.3. The van der Waals surface area contributed by atoms with E-state index in [9.17, 15) is 4.79 Å². The number of aryl methyl sites for hydroxylation is 1. The molecule has 3 nitrogen and oxygen atoms in total. The molecule has 0 spiro atoms. The second-order valence-electron chi connectivity index (χ2n) is 4.89. The van der Waals surface area contributed by atoms with Gasteiger partial charge in [0.1, 0.15) is 0 Å². The Morgan fingerprint density at radius 2 is 1.88 bits per heavy atom. The second-order valence-corrected chi connectivity index (χ2v) is 4.89. The quantitative estimate of drug-likeness (QED) is 0.780. The molecular weight excluding hydrogens is 202 g/mol. The van der Waals surface area contributed by atoms with E-state index in [1.54, 1.807) is 6.07 Å². The van der Waals surface area contributed by atoms with Gasteiger partial charge in [0.25, 0.3) is 5.91 Å². The number of nitrogens with one attached hydrogen (secondary N) is 1. The Kier molecular flexibility index (Phi) is 3.70. The Morgan fingerprint density at radius 1 is 1.25 bits per heavy atom. The number of carbonyl (C=O) groups excluding carboxylic acids is 1. The van der Waals surface area contributed by atoms with Gasteiger partial charge in [-0.05, 0) is 51.8 Å². The molecule has 1 rings (SSSR count). The molecule has 0 bridgehead atoms. The predicted molar refractivity (Wildman–Crippen MR) is 64.2 cm³/mol. The van der Waals surface area contributed by atoms with Crippen molar-refractivity contribution in [2.45, 2.75) is 40.2 Å². The lowest BCUT2D eigenvalue weighted by atomic mass is 10.0. The third-order valence-corrected chi connectivity index (χ3v) is 2.30. The summed E-state index contributed by atoms with van der Waals surface area (Å²) in [5.41, 5.74) is 4.83. The SMILES string of the molecule is Cc1cccc(C(=O)NOC(C)(C)C)c1C. The van der Waals surface area contributed by atoms with Gasteiger partial charge in [-0.3, -0.25) is 9.63 Å². The summed E-state index contributed by atoms with van der Waals surface area (Å²) in [7, 11) is 0. The van der Waals surface area contributed by atoms with E-state index in [1.165, 1.54) is 0 Å². The maximum absolute atomic E-state index is 11.8. The molecule has 0 radical (unpaired) electrons. The predicted octanol–water partition coefficient (Wildman–Crippen LogP) is 2.76. The summed E-state index contributed by atoms with van der Waals surface area (Å²) in [6.45, 7) is 9.57. The third kappa shape index (κ3) is 3.35. The van der Waals surface area contributed by atoms with Crippen molar-refractivity contribution < 1.29 is 9.63 Å². The van der Waals surface area contributed by atoms with Crippen LogP contribution in [0.5, 0.6) is 0 Å². The Hall–Kier alpha value is -1.35. The van der Waals surface area contributed by atoms with Crippen molar-refractivity contribution in [3.63, 3.8) is 0 Å². The van der Waals surface area contributed by atoms with Crippen LogP contribution in [0.15, 0.2) is 18.2 Å². The first kappa shape index (κ1) is 12.7. The van der Waals surface area contributed by atoms with E-state index in [0.29, 0.717) is 5.56 Å². The largest absolute Gasteiger partial charge is 0.275 e.